The highest BCUT2D eigenvalue weighted by molar-refractivity contribution is 5.95. The minimum absolute atomic E-state index is 0.0588. The first-order chi connectivity index (χ1) is 10.6. The van der Waals surface area contributed by atoms with E-state index in [1.807, 2.05) is 7.05 Å². The highest BCUT2D eigenvalue weighted by Crippen LogP contribution is 2.23. The largest absolute Gasteiger partial charge is 0.504 e. The van der Waals surface area contributed by atoms with Gasteiger partial charge in [-0.2, -0.15) is 0 Å². The maximum absolute atomic E-state index is 11.8. The Morgan fingerprint density at radius 2 is 1.82 bits per heavy atom. The lowest BCUT2D eigenvalue weighted by atomic mass is 10.2. The number of benzene rings is 1. The average Bonchev–Trinajstić information content (AvgIpc) is 2.52. The number of aromatic nitrogens is 1. The van der Waals surface area contributed by atoms with Gasteiger partial charge in [-0.1, -0.05) is 12.1 Å². The second kappa shape index (κ2) is 7.07. The van der Waals surface area contributed by atoms with Crippen molar-refractivity contribution in [3.8, 4) is 11.5 Å². The van der Waals surface area contributed by atoms with Crippen LogP contribution in [0.5, 0.6) is 11.5 Å². The van der Waals surface area contributed by atoms with Crippen molar-refractivity contribution >= 4 is 11.8 Å². The third-order valence-electron chi connectivity index (χ3n) is 2.78. The van der Waals surface area contributed by atoms with Gasteiger partial charge in [0.25, 0.3) is 11.8 Å². The Morgan fingerprint density at radius 1 is 1.14 bits per heavy atom. The smallest absolute Gasteiger partial charge is 0.276 e. The fourth-order valence-electron chi connectivity index (χ4n) is 1.61. The third-order valence-corrected chi connectivity index (χ3v) is 2.78. The van der Waals surface area contributed by atoms with Crippen LogP contribution in [0.4, 0.5) is 0 Å². The monoisotopic (exact) mass is 302 g/mol. The Hall–Kier alpha value is -3.09. The molecule has 0 aliphatic carbocycles. The average molecular weight is 302 g/mol. The number of phenols is 1. The van der Waals surface area contributed by atoms with E-state index in [9.17, 15) is 14.7 Å². The van der Waals surface area contributed by atoms with Gasteiger partial charge in [0.2, 0.25) is 0 Å². The van der Waals surface area contributed by atoms with Crippen LogP contribution >= 0.6 is 0 Å². The van der Waals surface area contributed by atoms with Gasteiger partial charge in [0.1, 0.15) is 7.05 Å². The Labute approximate surface area is 127 Å². The Bertz CT molecular complexity index is 671. The normalized spacial score (nSPS) is 9.86. The summed E-state index contributed by atoms with van der Waals surface area (Å²) in [5.41, 5.74) is 4.93. The van der Waals surface area contributed by atoms with Crippen molar-refractivity contribution in [1.29, 1.82) is 0 Å². The van der Waals surface area contributed by atoms with E-state index in [1.165, 1.54) is 12.1 Å². The molecule has 0 saturated carbocycles. The van der Waals surface area contributed by atoms with E-state index >= 15 is 0 Å². The summed E-state index contributed by atoms with van der Waals surface area (Å²) < 4.78 is 6.92. The number of pyridine rings is 1. The second-order valence-electron chi connectivity index (χ2n) is 4.51. The zero-order valence-corrected chi connectivity index (χ0v) is 11.9. The summed E-state index contributed by atoms with van der Waals surface area (Å²) >= 11 is 0. The zero-order valence-electron chi connectivity index (χ0n) is 11.9. The second-order valence-corrected chi connectivity index (χ2v) is 4.51. The van der Waals surface area contributed by atoms with Crippen LogP contribution in [-0.4, -0.2) is 23.5 Å². The maximum atomic E-state index is 11.8. The molecular formula is C15H16N3O4+. The number of aromatic hydroxyl groups is 1. The van der Waals surface area contributed by atoms with Gasteiger partial charge in [0.05, 0.1) is 5.56 Å². The SMILES string of the molecule is C[n+]1ccc(C(=O)NNC(=O)COc2ccccc2O)cc1. The van der Waals surface area contributed by atoms with Crippen LogP contribution in [0.25, 0.3) is 0 Å². The number of aryl methyl sites for hydroxylation is 1. The maximum Gasteiger partial charge on any atom is 0.276 e. The number of nitrogens with zero attached hydrogens (tertiary/aromatic N) is 1. The first kappa shape index (κ1) is 15.3. The molecule has 0 bridgehead atoms. The van der Waals surface area contributed by atoms with E-state index in [1.54, 1.807) is 41.2 Å². The molecule has 2 amide bonds. The molecule has 2 aromatic rings. The molecule has 0 radical (unpaired) electrons. The number of hydrazine groups is 1. The number of hydrogen-bond acceptors (Lipinski definition) is 4. The summed E-state index contributed by atoms with van der Waals surface area (Å²) in [7, 11) is 1.83. The van der Waals surface area contributed by atoms with Gasteiger partial charge in [-0.3, -0.25) is 20.4 Å². The number of phenolic OH excluding ortho intramolecular Hbond substituents is 1. The van der Waals surface area contributed by atoms with Crippen molar-refractivity contribution in [3.63, 3.8) is 0 Å². The first-order valence-corrected chi connectivity index (χ1v) is 6.51. The summed E-state index contributed by atoms with van der Waals surface area (Å²) in [5, 5.41) is 9.48. The van der Waals surface area contributed by atoms with Crippen LogP contribution in [-0.2, 0) is 11.8 Å². The first-order valence-electron chi connectivity index (χ1n) is 6.51. The van der Waals surface area contributed by atoms with Crippen molar-refractivity contribution in [1.82, 2.24) is 10.9 Å². The van der Waals surface area contributed by atoms with Gasteiger partial charge >= 0.3 is 0 Å². The van der Waals surface area contributed by atoms with Crippen molar-refractivity contribution in [2.24, 2.45) is 7.05 Å². The topological polar surface area (TPSA) is 91.5 Å². The van der Waals surface area contributed by atoms with E-state index in [0.29, 0.717) is 5.56 Å². The quantitative estimate of drug-likeness (QED) is 0.550. The summed E-state index contributed by atoms with van der Waals surface area (Å²) in [6.45, 7) is -0.332. The third kappa shape index (κ3) is 4.20. The fourth-order valence-corrected chi connectivity index (χ4v) is 1.61. The lowest BCUT2D eigenvalue weighted by Gasteiger charge is -2.09. The molecular weight excluding hydrogens is 286 g/mol. The van der Waals surface area contributed by atoms with Crippen LogP contribution in [0.2, 0.25) is 0 Å². The Kier molecular flexibility index (Phi) is 4.92. The van der Waals surface area contributed by atoms with Crippen molar-refractivity contribution in [2.75, 3.05) is 6.61 Å². The van der Waals surface area contributed by atoms with E-state index in [0.717, 1.165) is 0 Å². The minimum Gasteiger partial charge on any atom is -0.504 e. The van der Waals surface area contributed by atoms with Crippen LogP contribution in [0, 0.1) is 0 Å². The van der Waals surface area contributed by atoms with E-state index in [-0.39, 0.29) is 18.1 Å². The fraction of sp³-hybridized carbons (Fsp3) is 0.133. The predicted octanol–water partition coefficient (Wildman–Crippen LogP) is 0.0567. The number of amides is 2. The molecule has 0 spiro atoms. The lowest BCUT2D eigenvalue weighted by molar-refractivity contribution is -0.671. The lowest BCUT2D eigenvalue weighted by Crippen LogP contribution is -2.44. The summed E-state index contributed by atoms with van der Waals surface area (Å²) in [4.78, 5) is 23.4. The molecule has 0 aliphatic rings. The molecule has 22 heavy (non-hydrogen) atoms. The standard InChI is InChI=1S/C15H15N3O4/c1-18-8-6-11(7-9-18)15(21)17-16-14(20)10-22-13-5-3-2-4-12(13)19/h2-9,19,21H,10H2,1H3/p+1. The van der Waals surface area contributed by atoms with Crippen molar-refractivity contribution < 1.29 is 24.0 Å². The molecule has 3 N–H and O–H groups in total. The van der Waals surface area contributed by atoms with Crippen LogP contribution in [0.3, 0.4) is 0 Å². The van der Waals surface area contributed by atoms with Crippen molar-refractivity contribution in [2.45, 2.75) is 0 Å². The van der Waals surface area contributed by atoms with Crippen LogP contribution in [0.1, 0.15) is 10.4 Å². The summed E-state index contributed by atoms with van der Waals surface area (Å²) in [5.74, 6) is -0.842. The van der Waals surface area contributed by atoms with Crippen LogP contribution in [0.15, 0.2) is 48.8 Å². The number of para-hydroxylation sites is 2. The van der Waals surface area contributed by atoms with Gasteiger partial charge in [-0.15, -0.1) is 0 Å². The Balaban J connectivity index is 1.79. The van der Waals surface area contributed by atoms with Gasteiger partial charge < -0.3 is 9.84 Å². The number of ether oxygens (including phenoxy) is 1. The molecule has 1 aromatic carbocycles. The number of nitrogens with one attached hydrogen (secondary N) is 2. The minimum atomic E-state index is -0.543. The molecule has 0 unspecified atom stereocenters. The van der Waals surface area contributed by atoms with E-state index in [4.69, 9.17) is 4.74 Å². The Morgan fingerprint density at radius 3 is 2.50 bits per heavy atom. The highest BCUT2D eigenvalue weighted by Gasteiger charge is 2.09. The molecule has 0 saturated heterocycles. The highest BCUT2D eigenvalue weighted by atomic mass is 16.5. The van der Waals surface area contributed by atoms with E-state index < -0.39 is 11.8 Å². The molecule has 114 valence electrons. The predicted molar refractivity (Wildman–Crippen MR) is 76.8 cm³/mol. The van der Waals surface area contributed by atoms with Gasteiger partial charge in [-0.25, -0.2) is 4.57 Å². The van der Waals surface area contributed by atoms with E-state index in [2.05, 4.69) is 10.9 Å². The van der Waals surface area contributed by atoms with Gasteiger partial charge in [0.15, 0.2) is 30.5 Å². The molecule has 0 fully saturated rings. The zero-order chi connectivity index (χ0) is 15.9. The number of rotatable bonds is 4. The summed E-state index contributed by atoms with van der Waals surface area (Å²) in [6, 6.07) is 9.54. The van der Waals surface area contributed by atoms with Crippen molar-refractivity contribution in [3.05, 3.63) is 54.4 Å². The molecule has 1 heterocycles. The number of carbonyl (C=O) groups excluding carboxylic acids is 2. The molecule has 0 atom stereocenters. The van der Waals surface area contributed by atoms with Crippen LogP contribution < -0.4 is 20.2 Å². The molecule has 7 nitrogen and oxygen atoms in total. The van der Waals surface area contributed by atoms with Gasteiger partial charge in [0, 0.05) is 12.1 Å². The molecule has 2 rings (SSSR count). The number of carbonyl (C=O) groups is 2. The summed E-state index contributed by atoms with van der Waals surface area (Å²) in [6.07, 6.45) is 3.44. The molecule has 0 aliphatic heterocycles. The van der Waals surface area contributed by atoms with Gasteiger partial charge in [-0.05, 0) is 12.1 Å². The molecule has 7 heteroatoms. The molecule has 1 aromatic heterocycles. The number of hydrogen-bond donors (Lipinski definition) is 3.